The number of carbonyl (C=O) groups excluding carboxylic acids is 2. The van der Waals surface area contributed by atoms with Crippen molar-refractivity contribution >= 4 is 27.5 Å². The smallest absolute Gasteiger partial charge is 0.246 e. The number of nitrogens with zero attached hydrogens (tertiary/aromatic N) is 6. The van der Waals surface area contributed by atoms with E-state index in [4.69, 9.17) is 4.74 Å². The lowest BCUT2D eigenvalue weighted by Gasteiger charge is -2.33. The van der Waals surface area contributed by atoms with E-state index in [1.54, 1.807) is 30.0 Å². The molecule has 35 heavy (non-hydrogen) atoms. The van der Waals surface area contributed by atoms with Gasteiger partial charge in [0, 0.05) is 30.8 Å². The molecule has 0 unspecified atom stereocenters. The van der Waals surface area contributed by atoms with Crippen molar-refractivity contribution < 1.29 is 27.9 Å². The first-order chi connectivity index (χ1) is 16.5. The number of aromatic nitrogens is 4. The van der Waals surface area contributed by atoms with E-state index in [9.17, 15) is 23.1 Å². The molecule has 1 aliphatic rings. The second kappa shape index (κ2) is 11.1. The van der Waals surface area contributed by atoms with Crippen molar-refractivity contribution in [2.75, 3.05) is 38.3 Å². The molecule has 0 radical (unpaired) electrons. The van der Waals surface area contributed by atoms with Gasteiger partial charge in [-0.2, -0.15) is 0 Å². The average Bonchev–Trinajstić information content (AvgIpc) is 3.30. The first-order valence-corrected chi connectivity index (χ1v) is 12.9. The number of anilines is 1. The third kappa shape index (κ3) is 6.96. The Labute approximate surface area is 204 Å². The number of nitrogens with one attached hydrogen (secondary N) is 1. The zero-order valence-corrected chi connectivity index (χ0v) is 21.0. The molecule has 1 aliphatic heterocycles. The Morgan fingerprint density at radius 2 is 2.14 bits per heavy atom. The number of tetrazole rings is 1. The van der Waals surface area contributed by atoms with Crippen molar-refractivity contribution in [2.45, 2.75) is 39.0 Å². The summed E-state index contributed by atoms with van der Waals surface area (Å²) in [4.78, 5) is 27.1. The minimum atomic E-state index is -3.45. The predicted octanol–water partition coefficient (Wildman–Crippen LogP) is -0.648. The summed E-state index contributed by atoms with van der Waals surface area (Å²) < 4.78 is 32.8. The van der Waals surface area contributed by atoms with E-state index >= 15 is 0 Å². The van der Waals surface area contributed by atoms with Gasteiger partial charge in [-0.05, 0) is 35.5 Å². The van der Waals surface area contributed by atoms with Gasteiger partial charge in [0.05, 0.1) is 31.9 Å². The van der Waals surface area contributed by atoms with Gasteiger partial charge in [0.2, 0.25) is 21.8 Å². The van der Waals surface area contributed by atoms with E-state index in [0.717, 1.165) is 6.26 Å². The molecule has 2 amide bonds. The van der Waals surface area contributed by atoms with Crippen molar-refractivity contribution in [1.82, 2.24) is 29.4 Å². The summed E-state index contributed by atoms with van der Waals surface area (Å²) in [5.74, 6) is -0.380. The zero-order valence-electron chi connectivity index (χ0n) is 20.2. The molecular formula is C21H31N7O6S. The maximum absolute atomic E-state index is 13.2. The highest BCUT2D eigenvalue weighted by Gasteiger charge is 2.32. The number of likely N-dealkylation sites (N-methyl/N-ethyl adjacent to an activating group) is 1. The molecule has 3 rings (SSSR count). The van der Waals surface area contributed by atoms with Gasteiger partial charge in [0.25, 0.3) is 0 Å². The van der Waals surface area contributed by atoms with E-state index in [-0.39, 0.29) is 50.4 Å². The Bertz CT molecular complexity index is 1140. The number of aliphatic hydroxyl groups is 1. The molecule has 3 atom stereocenters. The van der Waals surface area contributed by atoms with Gasteiger partial charge in [0.1, 0.15) is 24.7 Å². The molecule has 2 heterocycles. The summed E-state index contributed by atoms with van der Waals surface area (Å²) in [6, 6.07) is 4.52. The Kier molecular flexibility index (Phi) is 8.40. The zero-order chi connectivity index (χ0) is 25.8. The highest BCUT2D eigenvalue weighted by Crippen LogP contribution is 2.29. The lowest BCUT2D eigenvalue weighted by atomic mass is 10.0. The van der Waals surface area contributed by atoms with Crippen LogP contribution in [0.3, 0.4) is 0 Å². The van der Waals surface area contributed by atoms with E-state index in [0.29, 0.717) is 17.0 Å². The fourth-order valence-corrected chi connectivity index (χ4v) is 4.13. The molecule has 1 aromatic heterocycles. The molecule has 0 saturated carbocycles. The maximum atomic E-state index is 13.2. The van der Waals surface area contributed by atoms with Gasteiger partial charge in [0.15, 0.2) is 0 Å². The molecule has 1 aromatic carbocycles. The molecule has 192 valence electrons. The summed E-state index contributed by atoms with van der Waals surface area (Å²) in [5.41, 5.74) is 0.989. The molecule has 14 heteroatoms. The standard InChI is InChI=1S/C21H31N7O6S/c1-14-9-28(15(2)12-29)21(31)8-16-7-17(23-20(30)11-27-13-22-24-25-27)5-6-18(16)34-19(14)10-26(3)35(4,32)33/h5-7,13-15,19,29H,8-12H2,1-4H3,(H,23,30)/t14-,15-,19-/m0/s1. The monoisotopic (exact) mass is 509 g/mol. The minimum Gasteiger partial charge on any atom is -0.488 e. The lowest BCUT2D eigenvalue weighted by Crippen LogP contribution is -2.48. The van der Waals surface area contributed by atoms with E-state index in [2.05, 4.69) is 20.8 Å². The Morgan fingerprint density at radius 1 is 1.40 bits per heavy atom. The molecule has 0 saturated heterocycles. The number of hydrogen-bond donors (Lipinski definition) is 2. The molecule has 2 aromatic rings. The van der Waals surface area contributed by atoms with E-state index in [1.165, 1.54) is 22.4 Å². The highest BCUT2D eigenvalue weighted by molar-refractivity contribution is 7.88. The van der Waals surface area contributed by atoms with Gasteiger partial charge < -0.3 is 20.1 Å². The van der Waals surface area contributed by atoms with Gasteiger partial charge in [-0.15, -0.1) is 5.10 Å². The van der Waals surface area contributed by atoms with Gasteiger partial charge in [-0.25, -0.2) is 17.4 Å². The number of ether oxygens (including phenoxy) is 1. The second-order valence-corrected chi connectivity index (χ2v) is 10.9. The van der Waals surface area contributed by atoms with Gasteiger partial charge in [-0.3, -0.25) is 9.59 Å². The number of sulfonamides is 1. The number of benzene rings is 1. The number of hydrogen-bond acceptors (Lipinski definition) is 9. The Morgan fingerprint density at radius 3 is 2.77 bits per heavy atom. The summed E-state index contributed by atoms with van der Waals surface area (Å²) in [6.45, 7) is 3.69. The molecule has 0 spiro atoms. The lowest BCUT2D eigenvalue weighted by molar-refractivity contribution is -0.134. The topological polar surface area (TPSA) is 160 Å². The summed E-state index contributed by atoms with van der Waals surface area (Å²) in [7, 11) is -1.98. The fourth-order valence-electron chi connectivity index (χ4n) is 3.71. The highest BCUT2D eigenvalue weighted by atomic mass is 32.2. The van der Waals surface area contributed by atoms with Crippen molar-refractivity contribution in [2.24, 2.45) is 5.92 Å². The SMILES string of the molecule is C[C@H]1CN([C@@H](C)CO)C(=O)Cc2cc(NC(=O)Cn3cnnn3)ccc2O[C@H]1CN(C)S(C)(=O)=O. The minimum absolute atomic E-state index is 0.0161. The van der Waals surface area contributed by atoms with Crippen molar-refractivity contribution in [3.8, 4) is 5.75 Å². The molecular weight excluding hydrogens is 478 g/mol. The van der Waals surface area contributed by atoms with Crippen LogP contribution in [0.1, 0.15) is 19.4 Å². The molecule has 2 N–H and O–H groups in total. The number of rotatable bonds is 8. The van der Waals surface area contributed by atoms with Crippen molar-refractivity contribution in [1.29, 1.82) is 0 Å². The van der Waals surface area contributed by atoms with Gasteiger partial charge in [-0.1, -0.05) is 6.92 Å². The number of amides is 2. The molecule has 0 bridgehead atoms. The van der Waals surface area contributed by atoms with Crippen LogP contribution in [0.15, 0.2) is 24.5 Å². The largest absolute Gasteiger partial charge is 0.488 e. The maximum Gasteiger partial charge on any atom is 0.246 e. The van der Waals surface area contributed by atoms with Crippen LogP contribution in [0.4, 0.5) is 5.69 Å². The first kappa shape index (κ1) is 26.5. The number of fused-ring (bicyclic) bond motifs is 1. The van der Waals surface area contributed by atoms with E-state index < -0.39 is 22.2 Å². The molecule has 0 aliphatic carbocycles. The quantitative estimate of drug-likeness (QED) is 0.471. The number of carbonyl (C=O) groups is 2. The summed E-state index contributed by atoms with van der Waals surface area (Å²) in [5, 5.41) is 23.1. The number of aliphatic hydroxyl groups excluding tert-OH is 1. The van der Waals surface area contributed by atoms with Crippen LogP contribution in [-0.2, 0) is 32.6 Å². The van der Waals surface area contributed by atoms with Crippen LogP contribution in [0.2, 0.25) is 0 Å². The van der Waals surface area contributed by atoms with Crippen molar-refractivity contribution in [3.05, 3.63) is 30.1 Å². The average molecular weight is 510 g/mol. The van der Waals surface area contributed by atoms with Crippen LogP contribution in [0.25, 0.3) is 0 Å². The summed E-state index contributed by atoms with van der Waals surface area (Å²) in [6.07, 6.45) is 1.86. The second-order valence-electron chi connectivity index (χ2n) is 8.81. The first-order valence-electron chi connectivity index (χ1n) is 11.1. The third-order valence-corrected chi connectivity index (χ3v) is 7.18. The van der Waals surface area contributed by atoms with Gasteiger partial charge >= 0.3 is 0 Å². The summed E-state index contributed by atoms with van der Waals surface area (Å²) >= 11 is 0. The van der Waals surface area contributed by atoms with Crippen molar-refractivity contribution in [3.63, 3.8) is 0 Å². The molecule has 13 nitrogen and oxygen atoms in total. The van der Waals surface area contributed by atoms with Crippen LogP contribution < -0.4 is 10.1 Å². The van der Waals surface area contributed by atoms with Crippen LogP contribution in [-0.4, -0.2) is 99.9 Å². The van der Waals surface area contributed by atoms with Crippen LogP contribution >= 0.6 is 0 Å². The Balaban J connectivity index is 1.91. The Hall–Kier alpha value is -3.10. The molecule has 0 fully saturated rings. The van der Waals surface area contributed by atoms with E-state index in [1.807, 2.05) is 6.92 Å². The normalized spacial score (nSPS) is 19.8. The fraction of sp³-hybridized carbons (Fsp3) is 0.571. The third-order valence-electron chi connectivity index (χ3n) is 5.90. The van der Waals surface area contributed by atoms with Crippen LogP contribution in [0.5, 0.6) is 5.75 Å². The van der Waals surface area contributed by atoms with Crippen LogP contribution in [0, 0.1) is 5.92 Å². The predicted molar refractivity (Wildman–Crippen MR) is 126 cm³/mol.